The van der Waals surface area contributed by atoms with Crippen LogP contribution in [0.3, 0.4) is 0 Å². The van der Waals surface area contributed by atoms with Crippen LogP contribution >= 0.6 is 0 Å². The molecule has 2 aromatic heterocycles. The Kier molecular flexibility index (Phi) is 5.42. The van der Waals surface area contributed by atoms with E-state index in [2.05, 4.69) is 26.0 Å². The van der Waals surface area contributed by atoms with Gasteiger partial charge in [-0.1, -0.05) is 12.1 Å². The summed E-state index contributed by atoms with van der Waals surface area (Å²) in [6.07, 6.45) is 2.90. The van der Waals surface area contributed by atoms with E-state index in [1.165, 1.54) is 30.0 Å². The third-order valence-corrected chi connectivity index (χ3v) is 4.92. The lowest BCUT2D eigenvalue weighted by Gasteiger charge is -2.10. The van der Waals surface area contributed by atoms with E-state index in [1.807, 2.05) is 0 Å². The Labute approximate surface area is 182 Å². The van der Waals surface area contributed by atoms with Gasteiger partial charge in [0.2, 0.25) is 0 Å². The molecule has 0 spiro atoms. The van der Waals surface area contributed by atoms with Crippen molar-refractivity contribution in [3.8, 4) is 11.1 Å². The highest BCUT2D eigenvalue weighted by atomic mass is 19.1. The number of amides is 3. The third-order valence-electron chi connectivity index (χ3n) is 4.92. The molecule has 3 amide bonds. The summed E-state index contributed by atoms with van der Waals surface area (Å²) in [5, 5.41) is 12.1. The van der Waals surface area contributed by atoms with Crippen LogP contribution in [-0.2, 0) is 0 Å². The number of nitrogens with zero attached hydrogens (tertiary/aromatic N) is 3. The van der Waals surface area contributed by atoms with Crippen molar-refractivity contribution in [2.75, 3.05) is 23.4 Å². The number of fused-ring (bicyclic) bond motifs is 1. The van der Waals surface area contributed by atoms with Crippen molar-refractivity contribution in [1.29, 1.82) is 0 Å². The van der Waals surface area contributed by atoms with Gasteiger partial charge in [0.1, 0.15) is 17.7 Å². The largest absolute Gasteiger partial charge is 0.382 e. The third kappa shape index (κ3) is 3.93. The fourth-order valence-corrected chi connectivity index (χ4v) is 3.37. The Balaban J connectivity index is 1.60. The summed E-state index contributed by atoms with van der Waals surface area (Å²) in [6.45, 7) is 1.62. The van der Waals surface area contributed by atoms with Gasteiger partial charge in [0, 0.05) is 30.2 Å². The fraction of sp³-hybridized carbons (Fsp3) is 0.0909. The number of nitrogens with two attached hydrogens (primary N) is 1. The highest BCUT2D eigenvalue weighted by Gasteiger charge is 2.20. The number of aryl methyl sites for hydroxylation is 1. The SMILES string of the molecule is CNC(=O)c1cn2ncnc(N)c2c1-c1ccc(NC(=O)Nc2ccc(F)c(C)c2)cc1. The molecule has 0 aliphatic rings. The van der Waals surface area contributed by atoms with Crippen molar-refractivity contribution in [2.45, 2.75) is 6.92 Å². The summed E-state index contributed by atoms with van der Waals surface area (Å²) in [5.41, 5.74) is 9.67. The van der Waals surface area contributed by atoms with Crippen molar-refractivity contribution < 1.29 is 14.0 Å². The van der Waals surface area contributed by atoms with E-state index in [0.29, 0.717) is 39.1 Å². The zero-order valence-corrected chi connectivity index (χ0v) is 17.3. The number of carbonyl (C=O) groups is 2. The Morgan fingerprint density at radius 2 is 1.75 bits per heavy atom. The number of rotatable bonds is 4. The number of benzene rings is 2. The molecule has 0 saturated carbocycles. The molecular formula is C22H20FN7O2. The highest BCUT2D eigenvalue weighted by Crippen LogP contribution is 2.33. The second kappa shape index (κ2) is 8.34. The molecule has 0 saturated heterocycles. The van der Waals surface area contributed by atoms with E-state index in [1.54, 1.807) is 43.5 Å². The first-order valence-electron chi connectivity index (χ1n) is 9.66. The molecule has 162 valence electrons. The molecule has 0 aliphatic heterocycles. The Bertz CT molecular complexity index is 1330. The molecule has 5 N–H and O–H groups in total. The topological polar surface area (TPSA) is 126 Å². The summed E-state index contributed by atoms with van der Waals surface area (Å²) in [6, 6.07) is 10.8. The first-order chi connectivity index (χ1) is 15.4. The zero-order valence-electron chi connectivity index (χ0n) is 17.3. The summed E-state index contributed by atoms with van der Waals surface area (Å²) in [4.78, 5) is 28.7. The number of hydrogen-bond acceptors (Lipinski definition) is 5. The maximum atomic E-state index is 13.4. The molecule has 0 unspecified atom stereocenters. The van der Waals surface area contributed by atoms with E-state index < -0.39 is 6.03 Å². The number of halogens is 1. The molecule has 2 aromatic carbocycles. The lowest BCUT2D eigenvalue weighted by atomic mass is 10.0. The van der Waals surface area contributed by atoms with Gasteiger partial charge >= 0.3 is 6.03 Å². The number of nitrogens with one attached hydrogen (secondary N) is 3. The smallest absolute Gasteiger partial charge is 0.323 e. The van der Waals surface area contributed by atoms with Gasteiger partial charge in [0.25, 0.3) is 5.91 Å². The Morgan fingerprint density at radius 3 is 2.44 bits per heavy atom. The van der Waals surface area contributed by atoms with E-state index in [9.17, 15) is 14.0 Å². The molecule has 0 aliphatic carbocycles. The van der Waals surface area contributed by atoms with Gasteiger partial charge in [-0.25, -0.2) is 18.7 Å². The quantitative estimate of drug-likeness (QED) is 0.392. The number of carbonyl (C=O) groups excluding carboxylic acids is 2. The molecule has 0 radical (unpaired) electrons. The molecule has 4 aromatic rings. The zero-order chi connectivity index (χ0) is 22.8. The number of anilines is 3. The van der Waals surface area contributed by atoms with Gasteiger partial charge in [-0.15, -0.1) is 0 Å². The molecular weight excluding hydrogens is 413 g/mol. The number of urea groups is 1. The summed E-state index contributed by atoms with van der Waals surface area (Å²) in [7, 11) is 1.54. The molecule has 32 heavy (non-hydrogen) atoms. The predicted molar refractivity (Wildman–Crippen MR) is 120 cm³/mol. The predicted octanol–water partition coefficient (Wildman–Crippen LogP) is 3.43. The second-order valence-corrected chi connectivity index (χ2v) is 7.06. The normalized spacial score (nSPS) is 10.7. The monoisotopic (exact) mass is 433 g/mol. The minimum Gasteiger partial charge on any atom is -0.382 e. The van der Waals surface area contributed by atoms with E-state index in [-0.39, 0.29) is 17.5 Å². The summed E-state index contributed by atoms with van der Waals surface area (Å²) in [5.74, 6) is -0.394. The molecule has 9 nitrogen and oxygen atoms in total. The standard InChI is InChI=1S/C22H20FN7O2/c1-12-9-15(7-8-17(12)23)29-22(32)28-14-5-3-13(4-6-14)18-16(21(31)25-2)10-30-19(18)20(24)26-11-27-30/h3-11H,1-2H3,(H,25,31)(H2,24,26,27)(H2,28,29,32). The van der Waals surface area contributed by atoms with Crippen LogP contribution in [-0.4, -0.2) is 33.6 Å². The van der Waals surface area contributed by atoms with E-state index in [4.69, 9.17) is 5.73 Å². The lowest BCUT2D eigenvalue weighted by Crippen LogP contribution is -2.19. The maximum Gasteiger partial charge on any atom is 0.323 e. The average molecular weight is 433 g/mol. The van der Waals surface area contributed by atoms with Crippen molar-refractivity contribution in [3.05, 3.63) is 71.9 Å². The Hall–Kier alpha value is -4.47. The van der Waals surface area contributed by atoms with Crippen LogP contribution in [0.4, 0.5) is 26.4 Å². The minimum absolute atomic E-state index is 0.237. The van der Waals surface area contributed by atoms with Crippen LogP contribution in [0.1, 0.15) is 15.9 Å². The molecule has 4 rings (SSSR count). The van der Waals surface area contributed by atoms with Gasteiger partial charge in [-0.2, -0.15) is 5.10 Å². The van der Waals surface area contributed by atoms with Gasteiger partial charge in [-0.05, 0) is 48.4 Å². The molecule has 10 heteroatoms. The van der Waals surface area contributed by atoms with Crippen LogP contribution in [0.5, 0.6) is 0 Å². The van der Waals surface area contributed by atoms with Crippen LogP contribution in [0, 0.1) is 12.7 Å². The molecule has 0 fully saturated rings. The van der Waals surface area contributed by atoms with Crippen molar-refractivity contribution in [1.82, 2.24) is 19.9 Å². The number of hydrogen-bond donors (Lipinski definition) is 4. The molecule has 0 bridgehead atoms. The van der Waals surface area contributed by atoms with Crippen LogP contribution < -0.4 is 21.7 Å². The fourth-order valence-electron chi connectivity index (χ4n) is 3.37. The van der Waals surface area contributed by atoms with Crippen molar-refractivity contribution in [3.63, 3.8) is 0 Å². The van der Waals surface area contributed by atoms with Crippen molar-refractivity contribution in [2.24, 2.45) is 0 Å². The first kappa shape index (κ1) is 20.8. The second-order valence-electron chi connectivity index (χ2n) is 7.06. The van der Waals surface area contributed by atoms with Crippen molar-refractivity contribution >= 4 is 34.6 Å². The summed E-state index contributed by atoms with van der Waals surface area (Å²) >= 11 is 0. The lowest BCUT2D eigenvalue weighted by molar-refractivity contribution is 0.0963. The van der Waals surface area contributed by atoms with Crippen LogP contribution in [0.25, 0.3) is 16.6 Å². The van der Waals surface area contributed by atoms with Gasteiger partial charge in [0.05, 0.1) is 5.56 Å². The first-order valence-corrected chi connectivity index (χ1v) is 9.66. The average Bonchev–Trinajstić information content (AvgIpc) is 3.17. The summed E-state index contributed by atoms with van der Waals surface area (Å²) < 4.78 is 14.9. The van der Waals surface area contributed by atoms with Gasteiger partial charge < -0.3 is 21.7 Å². The van der Waals surface area contributed by atoms with Gasteiger partial charge in [0.15, 0.2) is 5.82 Å². The van der Waals surface area contributed by atoms with Crippen LogP contribution in [0.2, 0.25) is 0 Å². The molecule has 0 atom stereocenters. The van der Waals surface area contributed by atoms with Gasteiger partial charge in [-0.3, -0.25) is 4.79 Å². The minimum atomic E-state index is -0.471. The molecule has 2 heterocycles. The van der Waals surface area contributed by atoms with E-state index >= 15 is 0 Å². The van der Waals surface area contributed by atoms with E-state index in [0.717, 1.165) is 0 Å². The Morgan fingerprint density at radius 1 is 1.06 bits per heavy atom. The van der Waals surface area contributed by atoms with Crippen LogP contribution in [0.15, 0.2) is 55.0 Å². The number of aromatic nitrogens is 3. The highest BCUT2D eigenvalue weighted by molar-refractivity contribution is 6.07. The maximum absolute atomic E-state index is 13.4. The number of nitrogen functional groups attached to an aromatic ring is 1.